The zero-order valence-corrected chi connectivity index (χ0v) is 16.9. The number of fused-ring (bicyclic) bond motifs is 1. The summed E-state index contributed by atoms with van der Waals surface area (Å²) in [5, 5.41) is 3.29. The predicted molar refractivity (Wildman–Crippen MR) is 111 cm³/mol. The third-order valence-electron chi connectivity index (χ3n) is 4.29. The first kappa shape index (κ1) is 21.0. The van der Waals surface area contributed by atoms with Crippen LogP contribution < -0.4 is 10.9 Å². The molecule has 1 aromatic heterocycles. The molecule has 0 unspecified atom stereocenters. The fourth-order valence-electron chi connectivity index (χ4n) is 2.75. The van der Waals surface area contributed by atoms with E-state index in [0.717, 1.165) is 36.4 Å². The molecular weight excluding hydrogens is 396 g/mol. The smallest absolute Gasteiger partial charge is 0.262 e. The van der Waals surface area contributed by atoms with Crippen LogP contribution in [-0.4, -0.2) is 21.2 Å². The van der Waals surface area contributed by atoms with E-state index in [2.05, 4.69) is 24.1 Å². The summed E-state index contributed by atoms with van der Waals surface area (Å²) < 4.78 is 28.6. The van der Waals surface area contributed by atoms with Gasteiger partial charge in [-0.25, -0.2) is 13.8 Å². The molecule has 1 N–H and O–H groups in total. The van der Waals surface area contributed by atoms with E-state index in [1.54, 1.807) is 28.8 Å². The molecule has 3 rings (SSSR count). The number of carbonyl (C=O) groups excluding carboxylic acids is 1. The molecule has 0 atom stereocenters. The molecule has 0 aliphatic heterocycles. The van der Waals surface area contributed by atoms with Crippen LogP contribution in [0.15, 0.2) is 52.4 Å². The topological polar surface area (TPSA) is 64.0 Å². The first-order valence-corrected chi connectivity index (χ1v) is 10.2. The lowest BCUT2D eigenvalue weighted by molar-refractivity contribution is -0.113. The molecular formula is C21H21F2N3O2S. The van der Waals surface area contributed by atoms with Crippen LogP contribution in [0, 0.1) is 17.6 Å². The van der Waals surface area contributed by atoms with Gasteiger partial charge in [-0.15, -0.1) is 0 Å². The van der Waals surface area contributed by atoms with Gasteiger partial charge >= 0.3 is 0 Å². The highest BCUT2D eigenvalue weighted by atomic mass is 32.2. The number of halogens is 2. The molecule has 5 nitrogen and oxygen atoms in total. The van der Waals surface area contributed by atoms with Crippen molar-refractivity contribution in [3.63, 3.8) is 0 Å². The van der Waals surface area contributed by atoms with Gasteiger partial charge in [-0.05, 0) is 36.6 Å². The molecule has 0 spiro atoms. The summed E-state index contributed by atoms with van der Waals surface area (Å²) in [5.41, 5.74) is 0.173. The minimum absolute atomic E-state index is 0.0948. The Balaban J connectivity index is 1.82. The standard InChI is InChI=1S/C21H21F2N3O2S/c1-13(2)9-10-26-20(28)15-5-3-4-6-17(15)25-21(26)29-12-19(27)24-18-11-14(22)7-8-16(18)23/h3-8,11,13H,9-10,12H2,1-2H3,(H,24,27). The third-order valence-corrected chi connectivity index (χ3v) is 5.27. The van der Waals surface area contributed by atoms with E-state index in [1.807, 2.05) is 0 Å². The number of thioether (sulfide) groups is 1. The summed E-state index contributed by atoms with van der Waals surface area (Å²) >= 11 is 1.09. The lowest BCUT2D eigenvalue weighted by Gasteiger charge is -2.14. The van der Waals surface area contributed by atoms with Gasteiger partial charge in [0.05, 0.1) is 22.3 Å². The van der Waals surface area contributed by atoms with Crippen LogP contribution in [0.3, 0.4) is 0 Å². The second kappa shape index (κ2) is 9.17. The third kappa shape index (κ3) is 5.20. The van der Waals surface area contributed by atoms with Crippen LogP contribution in [0.5, 0.6) is 0 Å². The van der Waals surface area contributed by atoms with Gasteiger partial charge in [-0.3, -0.25) is 14.2 Å². The highest BCUT2D eigenvalue weighted by Gasteiger charge is 2.15. The second-order valence-electron chi connectivity index (χ2n) is 7.01. The summed E-state index contributed by atoms with van der Waals surface area (Å²) in [6, 6.07) is 9.90. The number of nitrogens with one attached hydrogen (secondary N) is 1. The Morgan fingerprint density at radius 2 is 1.97 bits per heavy atom. The number of amides is 1. The minimum atomic E-state index is -0.720. The normalized spacial score (nSPS) is 11.2. The molecule has 3 aromatic rings. The molecule has 8 heteroatoms. The van der Waals surface area contributed by atoms with Crippen LogP contribution in [0.1, 0.15) is 20.3 Å². The maximum Gasteiger partial charge on any atom is 0.262 e. The summed E-state index contributed by atoms with van der Waals surface area (Å²) in [4.78, 5) is 29.7. The van der Waals surface area contributed by atoms with Gasteiger partial charge in [0.15, 0.2) is 5.16 Å². The molecule has 0 fully saturated rings. The van der Waals surface area contributed by atoms with Crippen molar-refractivity contribution in [2.24, 2.45) is 5.92 Å². The van der Waals surface area contributed by atoms with E-state index in [9.17, 15) is 18.4 Å². The van der Waals surface area contributed by atoms with E-state index >= 15 is 0 Å². The summed E-state index contributed by atoms with van der Waals surface area (Å²) in [7, 11) is 0. The number of benzene rings is 2. The maximum absolute atomic E-state index is 13.7. The zero-order valence-electron chi connectivity index (χ0n) is 16.1. The van der Waals surface area contributed by atoms with Crippen molar-refractivity contribution in [3.8, 4) is 0 Å². The molecule has 0 radical (unpaired) electrons. The number of aromatic nitrogens is 2. The van der Waals surface area contributed by atoms with Crippen molar-refractivity contribution < 1.29 is 13.6 Å². The Morgan fingerprint density at radius 3 is 2.72 bits per heavy atom. The average Bonchev–Trinajstić information content (AvgIpc) is 2.68. The van der Waals surface area contributed by atoms with Gasteiger partial charge in [0.2, 0.25) is 5.91 Å². The number of nitrogens with zero attached hydrogens (tertiary/aromatic N) is 2. The van der Waals surface area contributed by atoms with E-state index in [1.165, 1.54) is 0 Å². The van der Waals surface area contributed by atoms with Crippen molar-refractivity contribution in [3.05, 3.63) is 64.5 Å². The summed E-state index contributed by atoms with van der Waals surface area (Å²) in [6.07, 6.45) is 0.786. The number of carbonyl (C=O) groups is 1. The summed E-state index contributed by atoms with van der Waals surface area (Å²) in [5.74, 6) is -1.58. The van der Waals surface area contributed by atoms with Crippen molar-refractivity contribution in [2.45, 2.75) is 32.0 Å². The van der Waals surface area contributed by atoms with Gasteiger partial charge in [0.25, 0.3) is 5.56 Å². The van der Waals surface area contributed by atoms with Gasteiger partial charge in [-0.1, -0.05) is 37.7 Å². The highest BCUT2D eigenvalue weighted by molar-refractivity contribution is 7.99. The van der Waals surface area contributed by atoms with E-state index in [-0.39, 0.29) is 17.0 Å². The Hall–Kier alpha value is -2.74. The minimum Gasteiger partial charge on any atom is -0.323 e. The largest absolute Gasteiger partial charge is 0.323 e. The van der Waals surface area contributed by atoms with Crippen molar-refractivity contribution in [1.82, 2.24) is 9.55 Å². The molecule has 0 aliphatic rings. The van der Waals surface area contributed by atoms with Crippen molar-refractivity contribution in [1.29, 1.82) is 0 Å². The molecule has 29 heavy (non-hydrogen) atoms. The van der Waals surface area contributed by atoms with Crippen molar-refractivity contribution in [2.75, 3.05) is 11.1 Å². The van der Waals surface area contributed by atoms with Crippen LogP contribution in [0.2, 0.25) is 0 Å². The lowest BCUT2D eigenvalue weighted by Crippen LogP contribution is -2.25. The molecule has 0 bridgehead atoms. The Kier molecular flexibility index (Phi) is 6.64. The zero-order chi connectivity index (χ0) is 21.0. The fraction of sp³-hybridized carbons (Fsp3) is 0.286. The Morgan fingerprint density at radius 1 is 1.21 bits per heavy atom. The van der Waals surface area contributed by atoms with Crippen LogP contribution in [-0.2, 0) is 11.3 Å². The SMILES string of the molecule is CC(C)CCn1c(SCC(=O)Nc2cc(F)ccc2F)nc2ccccc2c1=O. The monoisotopic (exact) mass is 417 g/mol. The molecule has 1 amide bonds. The number of hydrogen-bond acceptors (Lipinski definition) is 4. The van der Waals surface area contributed by atoms with Crippen LogP contribution in [0.4, 0.5) is 14.5 Å². The Bertz CT molecular complexity index is 1100. The fourth-order valence-corrected chi connectivity index (χ4v) is 3.58. The molecule has 0 saturated carbocycles. The highest BCUT2D eigenvalue weighted by Crippen LogP contribution is 2.20. The predicted octanol–water partition coefficient (Wildman–Crippen LogP) is 4.45. The first-order valence-electron chi connectivity index (χ1n) is 9.22. The van der Waals surface area contributed by atoms with Gasteiger partial charge in [0.1, 0.15) is 11.6 Å². The maximum atomic E-state index is 13.7. The number of anilines is 1. The lowest BCUT2D eigenvalue weighted by atomic mass is 10.1. The summed E-state index contributed by atoms with van der Waals surface area (Å²) in [6.45, 7) is 4.61. The number of hydrogen-bond donors (Lipinski definition) is 1. The molecule has 1 heterocycles. The van der Waals surface area contributed by atoms with E-state index < -0.39 is 17.5 Å². The molecule has 152 valence electrons. The number of para-hydroxylation sites is 1. The van der Waals surface area contributed by atoms with E-state index in [0.29, 0.717) is 28.5 Å². The van der Waals surface area contributed by atoms with E-state index in [4.69, 9.17) is 0 Å². The quantitative estimate of drug-likeness (QED) is 0.456. The first-order chi connectivity index (χ1) is 13.8. The van der Waals surface area contributed by atoms with Crippen LogP contribution in [0.25, 0.3) is 10.9 Å². The molecule has 2 aromatic carbocycles. The van der Waals surface area contributed by atoms with Gasteiger partial charge < -0.3 is 5.32 Å². The number of rotatable bonds is 7. The Labute approximate surface area is 171 Å². The van der Waals surface area contributed by atoms with Gasteiger partial charge in [0, 0.05) is 12.6 Å². The molecule has 0 aliphatic carbocycles. The van der Waals surface area contributed by atoms with Gasteiger partial charge in [-0.2, -0.15) is 0 Å². The average molecular weight is 417 g/mol. The second-order valence-corrected chi connectivity index (χ2v) is 7.95. The molecule has 0 saturated heterocycles. The van der Waals surface area contributed by atoms with Crippen LogP contribution >= 0.6 is 11.8 Å². The van der Waals surface area contributed by atoms with Crippen molar-refractivity contribution >= 4 is 34.3 Å².